The SMILES string of the molecule is COc1cc(/C=N\NC(=O)COc2ccc3ccccc3c2)cc(Br)c1OC. The van der Waals surface area contributed by atoms with Crippen molar-refractivity contribution in [3.8, 4) is 17.2 Å². The molecule has 0 atom stereocenters. The van der Waals surface area contributed by atoms with Crippen LogP contribution in [0.3, 0.4) is 0 Å². The molecule has 3 rings (SSSR count). The molecule has 0 bridgehead atoms. The summed E-state index contributed by atoms with van der Waals surface area (Å²) in [5.74, 6) is 1.42. The first-order valence-electron chi connectivity index (χ1n) is 8.45. The second-order valence-corrected chi connectivity index (χ2v) is 6.68. The average Bonchev–Trinajstić information content (AvgIpc) is 2.71. The number of hydrazone groups is 1. The lowest BCUT2D eigenvalue weighted by molar-refractivity contribution is -0.123. The minimum Gasteiger partial charge on any atom is -0.493 e. The first-order valence-corrected chi connectivity index (χ1v) is 9.25. The zero-order valence-corrected chi connectivity index (χ0v) is 17.0. The van der Waals surface area contributed by atoms with Crippen molar-refractivity contribution in [3.63, 3.8) is 0 Å². The molecule has 0 aliphatic rings. The van der Waals surface area contributed by atoms with Crippen molar-refractivity contribution in [2.24, 2.45) is 5.10 Å². The number of fused-ring (bicyclic) bond motifs is 1. The molecule has 6 nitrogen and oxygen atoms in total. The Morgan fingerprint density at radius 2 is 1.86 bits per heavy atom. The highest BCUT2D eigenvalue weighted by Crippen LogP contribution is 2.35. The molecule has 3 aromatic carbocycles. The quantitative estimate of drug-likeness (QED) is 0.440. The topological polar surface area (TPSA) is 69.2 Å². The van der Waals surface area contributed by atoms with Crippen molar-refractivity contribution in [2.75, 3.05) is 20.8 Å². The number of carbonyl (C=O) groups excluding carboxylic acids is 1. The number of hydrogen-bond donors (Lipinski definition) is 1. The van der Waals surface area contributed by atoms with Gasteiger partial charge in [0.25, 0.3) is 5.91 Å². The normalized spacial score (nSPS) is 10.8. The van der Waals surface area contributed by atoms with Crippen LogP contribution in [0, 0.1) is 0 Å². The second kappa shape index (κ2) is 9.23. The number of nitrogens with one attached hydrogen (secondary N) is 1. The van der Waals surface area contributed by atoms with Crippen LogP contribution in [0.5, 0.6) is 17.2 Å². The molecule has 0 saturated heterocycles. The first kappa shape index (κ1) is 19.7. The number of methoxy groups -OCH3 is 2. The van der Waals surface area contributed by atoms with Gasteiger partial charge in [0.15, 0.2) is 18.1 Å². The smallest absolute Gasteiger partial charge is 0.277 e. The lowest BCUT2D eigenvalue weighted by atomic mass is 10.1. The Balaban J connectivity index is 1.57. The second-order valence-electron chi connectivity index (χ2n) is 5.83. The van der Waals surface area contributed by atoms with E-state index in [1.165, 1.54) is 6.21 Å². The highest BCUT2D eigenvalue weighted by atomic mass is 79.9. The molecular weight excluding hydrogens is 424 g/mol. The van der Waals surface area contributed by atoms with Crippen LogP contribution >= 0.6 is 15.9 Å². The Bertz CT molecular complexity index is 1020. The van der Waals surface area contributed by atoms with E-state index in [2.05, 4.69) is 26.5 Å². The van der Waals surface area contributed by atoms with Gasteiger partial charge in [-0.25, -0.2) is 5.43 Å². The van der Waals surface area contributed by atoms with Gasteiger partial charge in [-0.05, 0) is 56.5 Å². The number of hydrogen-bond acceptors (Lipinski definition) is 5. The van der Waals surface area contributed by atoms with Crippen LogP contribution in [0.1, 0.15) is 5.56 Å². The number of benzene rings is 3. The molecule has 28 heavy (non-hydrogen) atoms. The van der Waals surface area contributed by atoms with Gasteiger partial charge < -0.3 is 14.2 Å². The van der Waals surface area contributed by atoms with Crippen LogP contribution in [-0.2, 0) is 4.79 Å². The fourth-order valence-corrected chi connectivity index (χ4v) is 3.25. The highest BCUT2D eigenvalue weighted by molar-refractivity contribution is 9.10. The maximum absolute atomic E-state index is 12.0. The lowest BCUT2D eigenvalue weighted by Crippen LogP contribution is -2.24. The summed E-state index contributed by atoms with van der Waals surface area (Å²) in [6.07, 6.45) is 1.51. The van der Waals surface area contributed by atoms with E-state index in [4.69, 9.17) is 14.2 Å². The number of nitrogens with zero attached hydrogens (tertiary/aromatic N) is 1. The van der Waals surface area contributed by atoms with Gasteiger partial charge in [-0.3, -0.25) is 4.79 Å². The largest absolute Gasteiger partial charge is 0.493 e. The fraction of sp³-hybridized carbons (Fsp3) is 0.143. The minimum atomic E-state index is -0.357. The van der Waals surface area contributed by atoms with E-state index >= 15 is 0 Å². The number of carbonyl (C=O) groups is 1. The molecule has 0 heterocycles. The van der Waals surface area contributed by atoms with E-state index in [9.17, 15) is 4.79 Å². The Labute approximate surface area is 171 Å². The average molecular weight is 443 g/mol. The molecule has 3 aromatic rings. The minimum absolute atomic E-state index is 0.134. The van der Waals surface area contributed by atoms with E-state index in [0.717, 1.165) is 20.8 Å². The number of rotatable bonds is 7. The standard InChI is InChI=1S/C21H19BrN2O4/c1-26-19-10-14(9-18(22)21(19)27-2)12-23-24-20(25)13-28-17-8-7-15-5-3-4-6-16(15)11-17/h3-12H,13H2,1-2H3,(H,24,25)/b23-12-. The molecule has 0 aliphatic heterocycles. The molecule has 0 fully saturated rings. The zero-order valence-electron chi connectivity index (χ0n) is 15.4. The molecule has 144 valence electrons. The van der Waals surface area contributed by atoms with E-state index in [0.29, 0.717) is 17.2 Å². The maximum atomic E-state index is 12.0. The van der Waals surface area contributed by atoms with Crippen molar-refractivity contribution in [3.05, 3.63) is 64.6 Å². The molecule has 1 amide bonds. The molecule has 7 heteroatoms. The van der Waals surface area contributed by atoms with Crippen LogP contribution in [0.4, 0.5) is 0 Å². The fourth-order valence-electron chi connectivity index (χ4n) is 2.63. The van der Waals surface area contributed by atoms with Gasteiger partial charge in [-0.15, -0.1) is 0 Å². The predicted molar refractivity (Wildman–Crippen MR) is 112 cm³/mol. The van der Waals surface area contributed by atoms with Crippen LogP contribution < -0.4 is 19.6 Å². The Morgan fingerprint density at radius 1 is 1.07 bits per heavy atom. The zero-order chi connectivity index (χ0) is 19.9. The van der Waals surface area contributed by atoms with Crippen LogP contribution in [0.2, 0.25) is 0 Å². The number of ether oxygens (including phenoxy) is 3. The van der Waals surface area contributed by atoms with Gasteiger partial charge in [-0.1, -0.05) is 30.3 Å². The summed E-state index contributed by atoms with van der Waals surface area (Å²) in [5.41, 5.74) is 3.18. The lowest BCUT2D eigenvalue weighted by Gasteiger charge is -2.10. The van der Waals surface area contributed by atoms with Gasteiger partial charge in [0.1, 0.15) is 5.75 Å². The summed E-state index contributed by atoms with van der Waals surface area (Å²) in [4.78, 5) is 12.0. The van der Waals surface area contributed by atoms with Crippen LogP contribution in [0.15, 0.2) is 64.2 Å². The summed E-state index contributed by atoms with van der Waals surface area (Å²) in [6.45, 7) is -0.134. The summed E-state index contributed by atoms with van der Waals surface area (Å²) in [5, 5.41) is 6.12. The third kappa shape index (κ3) is 4.80. The molecule has 1 N–H and O–H groups in total. The monoisotopic (exact) mass is 442 g/mol. The predicted octanol–water partition coefficient (Wildman–Crippen LogP) is 4.15. The summed E-state index contributed by atoms with van der Waals surface area (Å²) < 4.78 is 16.8. The van der Waals surface area contributed by atoms with Gasteiger partial charge in [0.2, 0.25) is 0 Å². The molecule has 0 aliphatic carbocycles. The van der Waals surface area contributed by atoms with E-state index in [1.54, 1.807) is 20.3 Å². The molecule has 0 aromatic heterocycles. The third-order valence-corrected chi connectivity index (χ3v) is 4.54. The third-order valence-electron chi connectivity index (χ3n) is 3.95. The molecule has 0 radical (unpaired) electrons. The molecule has 0 unspecified atom stereocenters. The van der Waals surface area contributed by atoms with E-state index in [1.807, 2.05) is 48.5 Å². The molecule has 0 spiro atoms. The number of halogens is 1. The van der Waals surface area contributed by atoms with E-state index < -0.39 is 0 Å². The van der Waals surface area contributed by atoms with E-state index in [-0.39, 0.29) is 12.5 Å². The van der Waals surface area contributed by atoms with Gasteiger partial charge in [-0.2, -0.15) is 5.10 Å². The van der Waals surface area contributed by atoms with Gasteiger partial charge in [0, 0.05) is 0 Å². The Morgan fingerprint density at radius 3 is 2.61 bits per heavy atom. The summed E-state index contributed by atoms with van der Waals surface area (Å²) in [7, 11) is 3.11. The molecular formula is C21H19BrN2O4. The van der Waals surface area contributed by atoms with Crippen molar-refractivity contribution < 1.29 is 19.0 Å². The summed E-state index contributed by atoms with van der Waals surface area (Å²) >= 11 is 3.41. The summed E-state index contributed by atoms with van der Waals surface area (Å²) in [6, 6.07) is 17.2. The van der Waals surface area contributed by atoms with Crippen molar-refractivity contribution in [1.29, 1.82) is 0 Å². The maximum Gasteiger partial charge on any atom is 0.277 e. The van der Waals surface area contributed by atoms with Crippen molar-refractivity contribution in [2.45, 2.75) is 0 Å². The van der Waals surface area contributed by atoms with Crippen molar-refractivity contribution in [1.82, 2.24) is 5.43 Å². The Hall–Kier alpha value is -3.06. The first-order chi connectivity index (χ1) is 13.6. The van der Waals surface area contributed by atoms with Crippen LogP contribution in [-0.4, -0.2) is 32.9 Å². The number of amides is 1. The van der Waals surface area contributed by atoms with Gasteiger partial charge in [0.05, 0.1) is 24.9 Å². The van der Waals surface area contributed by atoms with Crippen molar-refractivity contribution >= 4 is 38.8 Å². The van der Waals surface area contributed by atoms with Gasteiger partial charge >= 0.3 is 0 Å². The highest BCUT2D eigenvalue weighted by Gasteiger charge is 2.09. The molecule has 0 saturated carbocycles. The van der Waals surface area contributed by atoms with Crippen LogP contribution in [0.25, 0.3) is 10.8 Å². The Kier molecular flexibility index (Phi) is 6.49.